The molecular weight excluding hydrogens is 497 g/mol. The molecule has 1 saturated carbocycles. The van der Waals surface area contributed by atoms with Crippen molar-refractivity contribution >= 4 is 28.9 Å². The fourth-order valence-corrected chi connectivity index (χ4v) is 5.46. The molecule has 0 spiro atoms. The van der Waals surface area contributed by atoms with Gasteiger partial charge in [0.25, 0.3) is 0 Å². The van der Waals surface area contributed by atoms with Gasteiger partial charge in [-0.25, -0.2) is 14.8 Å². The van der Waals surface area contributed by atoms with E-state index in [1.807, 2.05) is 4.57 Å². The van der Waals surface area contributed by atoms with Crippen molar-refractivity contribution in [2.45, 2.75) is 71.6 Å². The number of alkyl halides is 3. The van der Waals surface area contributed by atoms with Crippen molar-refractivity contribution in [1.29, 1.82) is 0 Å². The fraction of sp³-hybridized carbons (Fsp3) is 0.556. The van der Waals surface area contributed by atoms with Crippen LogP contribution in [0.5, 0.6) is 0 Å². The Hall–Kier alpha value is -3.37. The Morgan fingerprint density at radius 1 is 1.16 bits per heavy atom. The smallest absolute Gasteiger partial charge is 0.416 e. The molecule has 8 nitrogen and oxygen atoms in total. The number of fused-ring (bicyclic) bond motifs is 1. The van der Waals surface area contributed by atoms with E-state index in [1.165, 1.54) is 12.1 Å². The highest BCUT2D eigenvalue weighted by molar-refractivity contribution is 5.91. The Morgan fingerprint density at radius 3 is 2.45 bits per heavy atom. The topological polar surface area (TPSA) is 96.2 Å². The third kappa shape index (κ3) is 5.28. The summed E-state index contributed by atoms with van der Waals surface area (Å²) in [4.78, 5) is 27.5. The Bertz CT molecular complexity index is 1330. The number of anilines is 2. The van der Waals surface area contributed by atoms with Crippen LogP contribution in [0.15, 0.2) is 24.3 Å². The van der Waals surface area contributed by atoms with E-state index in [1.54, 1.807) is 0 Å². The van der Waals surface area contributed by atoms with Crippen LogP contribution in [0.3, 0.4) is 0 Å². The van der Waals surface area contributed by atoms with Gasteiger partial charge in [0.1, 0.15) is 5.52 Å². The molecule has 1 aromatic carbocycles. The minimum atomic E-state index is -4.42. The molecule has 1 aliphatic heterocycles. The summed E-state index contributed by atoms with van der Waals surface area (Å²) in [7, 11) is 0. The molecule has 0 amide bonds. The van der Waals surface area contributed by atoms with Crippen molar-refractivity contribution in [2.75, 3.05) is 23.3 Å². The minimum absolute atomic E-state index is 0.0489. The molecule has 2 fully saturated rings. The van der Waals surface area contributed by atoms with Crippen LogP contribution in [0.1, 0.15) is 74.6 Å². The number of hydrogen-bond acceptors (Lipinski definition) is 6. The van der Waals surface area contributed by atoms with Crippen molar-refractivity contribution in [1.82, 2.24) is 19.5 Å². The van der Waals surface area contributed by atoms with Crippen molar-refractivity contribution in [2.24, 2.45) is 11.3 Å². The van der Waals surface area contributed by atoms with E-state index in [9.17, 15) is 23.1 Å². The number of hydrogen-bond donors (Lipinski definition) is 2. The van der Waals surface area contributed by atoms with Crippen LogP contribution < -0.4 is 10.2 Å². The number of carboxylic acids is 1. The van der Waals surface area contributed by atoms with E-state index in [0.717, 1.165) is 57.3 Å². The van der Waals surface area contributed by atoms with Gasteiger partial charge in [-0.15, -0.1) is 0 Å². The first kappa shape index (κ1) is 26.2. The molecule has 1 atom stereocenters. The third-order valence-corrected chi connectivity index (χ3v) is 7.80. The molecule has 1 saturated heterocycles. The summed E-state index contributed by atoms with van der Waals surface area (Å²) in [6.45, 7) is 8.19. The Kier molecular flexibility index (Phi) is 6.73. The molecule has 1 unspecified atom stereocenters. The van der Waals surface area contributed by atoms with Gasteiger partial charge in [0.15, 0.2) is 11.5 Å². The molecule has 2 aliphatic rings. The van der Waals surface area contributed by atoms with E-state index in [4.69, 9.17) is 4.98 Å². The molecule has 0 bridgehead atoms. The molecule has 2 aromatic heterocycles. The summed E-state index contributed by atoms with van der Waals surface area (Å²) < 4.78 is 41.4. The number of nitrogens with zero attached hydrogens (tertiary/aromatic N) is 5. The zero-order valence-corrected chi connectivity index (χ0v) is 21.8. The number of aromatic nitrogens is 4. The highest BCUT2D eigenvalue weighted by atomic mass is 19.4. The number of nitrogens with one attached hydrogen (secondary N) is 1. The second-order valence-electron chi connectivity index (χ2n) is 11.4. The maximum absolute atomic E-state index is 13.2. The molecule has 3 aromatic rings. The number of aromatic carboxylic acids is 1. The first-order valence-corrected chi connectivity index (χ1v) is 13.1. The maximum atomic E-state index is 13.2. The zero-order valence-electron chi connectivity index (χ0n) is 21.8. The molecule has 5 rings (SSSR count). The Labute approximate surface area is 219 Å². The average Bonchev–Trinajstić information content (AvgIpc) is 3.15. The maximum Gasteiger partial charge on any atom is 0.416 e. The lowest BCUT2D eigenvalue weighted by atomic mass is 9.80. The van der Waals surface area contributed by atoms with Crippen molar-refractivity contribution < 1.29 is 23.1 Å². The summed E-state index contributed by atoms with van der Waals surface area (Å²) in [5.74, 6) is -0.130. The van der Waals surface area contributed by atoms with Crippen molar-refractivity contribution in [3.63, 3.8) is 0 Å². The van der Waals surface area contributed by atoms with Crippen LogP contribution in [-0.4, -0.2) is 49.7 Å². The predicted octanol–water partition coefficient (Wildman–Crippen LogP) is 5.82. The number of imidazole rings is 1. The average molecular weight is 531 g/mol. The van der Waals surface area contributed by atoms with Crippen LogP contribution in [0.25, 0.3) is 11.2 Å². The number of carboxylic acid groups (broad SMARTS) is 1. The van der Waals surface area contributed by atoms with Gasteiger partial charge >= 0.3 is 12.1 Å². The monoisotopic (exact) mass is 530 g/mol. The Morgan fingerprint density at radius 2 is 1.87 bits per heavy atom. The number of benzene rings is 1. The van der Waals surface area contributed by atoms with Crippen LogP contribution in [0.4, 0.5) is 24.9 Å². The first-order valence-electron chi connectivity index (χ1n) is 13.1. The summed E-state index contributed by atoms with van der Waals surface area (Å²) in [6, 6.07) is 5.16. The summed E-state index contributed by atoms with van der Waals surface area (Å²) in [6.07, 6.45) is 0.960. The van der Waals surface area contributed by atoms with E-state index in [2.05, 4.69) is 41.0 Å². The second-order valence-corrected chi connectivity index (χ2v) is 11.4. The SMILES string of the molecule is CC(Nc1nc(C(=O)O)nc2nc(N3CCCC(C)(C)C3)n(Cc3ccc(C(F)(F)F)cc3)c12)C1CCC1. The van der Waals surface area contributed by atoms with Gasteiger partial charge in [0.2, 0.25) is 11.8 Å². The molecule has 0 radical (unpaired) electrons. The molecule has 3 heterocycles. The first-order chi connectivity index (χ1) is 17.9. The molecule has 1 aliphatic carbocycles. The lowest BCUT2D eigenvalue weighted by Crippen LogP contribution is -2.41. The van der Waals surface area contributed by atoms with E-state index < -0.39 is 17.7 Å². The van der Waals surface area contributed by atoms with Gasteiger partial charge in [0, 0.05) is 19.1 Å². The van der Waals surface area contributed by atoms with Crippen LogP contribution in [0.2, 0.25) is 0 Å². The van der Waals surface area contributed by atoms with Crippen LogP contribution in [-0.2, 0) is 12.7 Å². The number of halogens is 3. The number of piperidine rings is 1. The molecular formula is C27H33F3N6O2. The zero-order chi connectivity index (χ0) is 27.2. The van der Waals surface area contributed by atoms with E-state index in [-0.39, 0.29) is 29.5 Å². The molecule has 204 valence electrons. The lowest BCUT2D eigenvalue weighted by Gasteiger charge is -2.38. The van der Waals surface area contributed by atoms with Crippen molar-refractivity contribution in [3.8, 4) is 0 Å². The highest BCUT2D eigenvalue weighted by Crippen LogP contribution is 2.36. The lowest BCUT2D eigenvalue weighted by molar-refractivity contribution is -0.137. The summed E-state index contributed by atoms with van der Waals surface area (Å²) >= 11 is 0. The van der Waals surface area contributed by atoms with Gasteiger partial charge in [-0.2, -0.15) is 18.2 Å². The molecule has 2 N–H and O–H groups in total. The summed E-state index contributed by atoms with van der Waals surface area (Å²) in [5, 5.41) is 13.1. The van der Waals surface area contributed by atoms with Gasteiger partial charge < -0.3 is 19.9 Å². The fourth-order valence-electron chi connectivity index (χ4n) is 5.46. The molecule has 38 heavy (non-hydrogen) atoms. The normalized spacial score (nSPS) is 18.8. The summed E-state index contributed by atoms with van der Waals surface area (Å²) in [5.41, 5.74) is 0.814. The van der Waals surface area contributed by atoms with Gasteiger partial charge in [-0.3, -0.25) is 0 Å². The third-order valence-electron chi connectivity index (χ3n) is 7.80. The van der Waals surface area contributed by atoms with E-state index >= 15 is 0 Å². The second kappa shape index (κ2) is 9.74. The Balaban J connectivity index is 1.63. The highest BCUT2D eigenvalue weighted by Gasteiger charge is 2.33. The number of rotatable bonds is 7. The quantitative estimate of drug-likeness (QED) is 0.397. The van der Waals surface area contributed by atoms with Gasteiger partial charge in [0.05, 0.1) is 12.1 Å². The minimum Gasteiger partial charge on any atom is -0.475 e. The van der Waals surface area contributed by atoms with E-state index in [0.29, 0.717) is 28.8 Å². The van der Waals surface area contributed by atoms with Crippen molar-refractivity contribution in [3.05, 3.63) is 41.2 Å². The predicted molar refractivity (Wildman–Crippen MR) is 138 cm³/mol. The largest absolute Gasteiger partial charge is 0.475 e. The van der Waals surface area contributed by atoms with Gasteiger partial charge in [-0.05, 0) is 61.6 Å². The molecule has 11 heteroatoms. The van der Waals surface area contributed by atoms with Gasteiger partial charge in [-0.1, -0.05) is 32.4 Å². The number of carbonyl (C=O) groups is 1. The van der Waals surface area contributed by atoms with Crippen LogP contribution in [0, 0.1) is 11.3 Å². The van der Waals surface area contributed by atoms with Crippen LogP contribution >= 0.6 is 0 Å². The standard InChI is InChI=1S/C27H33F3N6O2/c1-16(18-6-4-7-18)31-21-20-22(33-23(32-21)24(37)38)34-25(35-13-5-12-26(2,3)15-35)36(20)14-17-8-10-19(11-9-17)27(28,29)30/h8-11,16,18H,4-7,12-15H2,1-3H3,(H,37,38)(H,31,32,33).